The Morgan fingerprint density at radius 1 is 1.33 bits per heavy atom. The van der Waals surface area contributed by atoms with Crippen LogP contribution in [0.5, 0.6) is 0 Å². The quantitative estimate of drug-likeness (QED) is 0.900. The summed E-state index contributed by atoms with van der Waals surface area (Å²) in [5.41, 5.74) is 3.48. The number of nitrogens with zero attached hydrogens (tertiary/aromatic N) is 3. The molecule has 1 amide bonds. The fourth-order valence-corrected chi connectivity index (χ4v) is 4.40. The van der Waals surface area contributed by atoms with Gasteiger partial charge in [0, 0.05) is 18.7 Å². The summed E-state index contributed by atoms with van der Waals surface area (Å²) >= 11 is 1.43. The Morgan fingerprint density at radius 2 is 2.21 bits per heavy atom. The third-order valence-corrected chi connectivity index (χ3v) is 5.69. The van der Waals surface area contributed by atoms with E-state index in [0.717, 1.165) is 55.1 Å². The third-order valence-electron chi connectivity index (χ3n) is 4.85. The lowest BCUT2D eigenvalue weighted by atomic mass is 10.0. The Balaban J connectivity index is 1.41. The zero-order valence-electron chi connectivity index (χ0n) is 13.6. The topological polar surface area (TPSA) is 69.0 Å². The van der Waals surface area contributed by atoms with Crippen LogP contribution in [0.2, 0.25) is 0 Å². The molecule has 2 aromatic heterocycles. The van der Waals surface area contributed by atoms with Crippen molar-refractivity contribution in [3.63, 3.8) is 0 Å². The molecule has 7 heteroatoms. The number of aromatic nitrogens is 3. The van der Waals surface area contributed by atoms with Crippen LogP contribution in [0.1, 0.15) is 59.8 Å². The number of ether oxygens (including phenoxy) is 1. The fraction of sp³-hybridized carbons (Fsp3) is 0.588. The minimum atomic E-state index is -0.0731. The number of hydrogen-bond acceptors (Lipinski definition) is 5. The summed E-state index contributed by atoms with van der Waals surface area (Å²) in [6, 6.07) is 0. The number of amides is 1. The number of anilines is 1. The highest BCUT2D eigenvalue weighted by Gasteiger charge is 2.25. The molecule has 1 aliphatic heterocycles. The van der Waals surface area contributed by atoms with Crippen molar-refractivity contribution in [1.82, 2.24) is 14.8 Å². The van der Waals surface area contributed by atoms with E-state index in [9.17, 15) is 4.79 Å². The number of carbonyl (C=O) groups is 1. The smallest absolute Gasteiger partial charge is 0.267 e. The highest BCUT2D eigenvalue weighted by Crippen LogP contribution is 2.36. The molecule has 0 bridgehead atoms. The predicted octanol–water partition coefficient (Wildman–Crippen LogP) is 3.43. The first-order valence-electron chi connectivity index (χ1n) is 8.68. The molecule has 1 N–H and O–H groups in total. The van der Waals surface area contributed by atoms with Crippen LogP contribution in [0.25, 0.3) is 0 Å². The Labute approximate surface area is 145 Å². The molecule has 1 saturated carbocycles. The number of rotatable bonds is 5. The van der Waals surface area contributed by atoms with Gasteiger partial charge in [0.05, 0.1) is 35.7 Å². The first-order chi connectivity index (χ1) is 11.8. The predicted molar refractivity (Wildman–Crippen MR) is 92.5 cm³/mol. The van der Waals surface area contributed by atoms with Crippen molar-refractivity contribution in [2.24, 2.45) is 0 Å². The van der Waals surface area contributed by atoms with Gasteiger partial charge in [0.25, 0.3) is 5.91 Å². The summed E-state index contributed by atoms with van der Waals surface area (Å²) in [5, 5.41) is 7.28. The minimum absolute atomic E-state index is 0.0731. The first-order valence-corrected chi connectivity index (χ1v) is 9.56. The van der Waals surface area contributed by atoms with Crippen LogP contribution in [0.4, 0.5) is 5.69 Å². The van der Waals surface area contributed by atoms with Gasteiger partial charge >= 0.3 is 0 Å². The zero-order valence-corrected chi connectivity index (χ0v) is 14.4. The average molecular weight is 346 g/mol. The molecule has 0 spiro atoms. The van der Waals surface area contributed by atoms with Crippen LogP contribution >= 0.6 is 11.3 Å². The summed E-state index contributed by atoms with van der Waals surface area (Å²) in [5.74, 6) is 0.371. The average Bonchev–Trinajstić information content (AvgIpc) is 3.36. The van der Waals surface area contributed by atoms with Gasteiger partial charge in [-0.05, 0) is 25.7 Å². The standard InChI is InChI=1S/C17H22N4O2S/c22-17(16-15(18-11-24-16)12-4-1-2-5-12)20-13-8-19-21(9-13)10-14-6-3-7-23-14/h8-9,11-12,14H,1-7,10H2,(H,20,22). The SMILES string of the molecule is O=C(Nc1cnn(CC2CCCO2)c1)c1scnc1C1CCCC1. The van der Waals surface area contributed by atoms with Crippen molar-refractivity contribution in [1.29, 1.82) is 0 Å². The van der Waals surface area contributed by atoms with Crippen molar-refractivity contribution in [3.8, 4) is 0 Å². The van der Waals surface area contributed by atoms with Gasteiger partial charge in [-0.2, -0.15) is 5.10 Å². The Kier molecular flexibility index (Phi) is 4.62. The monoisotopic (exact) mass is 346 g/mol. The molecule has 0 aromatic carbocycles. The molecular weight excluding hydrogens is 324 g/mol. The van der Waals surface area contributed by atoms with Gasteiger partial charge in [-0.15, -0.1) is 11.3 Å². The van der Waals surface area contributed by atoms with E-state index >= 15 is 0 Å². The molecule has 0 radical (unpaired) electrons. The van der Waals surface area contributed by atoms with E-state index in [-0.39, 0.29) is 12.0 Å². The normalized spacial score (nSPS) is 21.4. The lowest BCUT2D eigenvalue weighted by molar-refractivity contribution is 0.0940. The van der Waals surface area contributed by atoms with Gasteiger partial charge in [-0.1, -0.05) is 12.8 Å². The Hall–Kier alpha value is -1.73. The number of nitrogens with one attached hydrogen (secondary N) is 1. The van der Waals surface area contributed by atoms with E-state index in [1.54, 1.807) is 11.7 Å². The molecule has 1 saturated heterocycles. The molecule has 6 nitrogen and oxygen atoms in total. The Morgan fingerprint density at radius 3 is 3.00 bits per heavy atom. The van der Waals surface area contributed by atoms with Crippen molar-refractivity contribution in [3.05, 3.63) is 28.5 Å². The van der Waals surface area contributed by atoms with Crippen LogP contribution in [-0.4, -0.2) is 33.4 Å². The Bertz CT molecular complexity index is 699. The number of hydrogen-bond donors (Lipinski definition) is 1. The summed E-state index contributed by atoms with van der Waals surface area (Å²) in [6.45, 7) is 1.58. The van der Waals surface area contributed by atoms with E-state index in [2.05, 4.69) is 15.4 Å². The zero-order chi connectivity index (χ0) is 16.4. The highest BCUT2D eigenvalue weighted by atomic mass is 32.1. The van der Waals surface area contributed by atoms with Gasteiger partial charge < -0.3 is 10.1 Å². The van der Waals surface area contributed by atoms with Crippen LogP contribution < -0.4 is 5.32 Å². The lowest BCUT2D eigenvalue weighted by Gasteiger charge is -2.09. The highest BCUT2D eigenvalue weighted by molar-refractivity contribution is 7.12. The first kappa shape index (κ1) is 15.8. The molecule has 24 heavy (non-hydrogen) atoms. The summed E-state index contributed by atoms with van der Waals surface area (Å²) in [4.78, 5) is 17.8. The van der Waals surface area contributed by atoms with E-state index in [4.69, 9.17) is 4.74 Å². The van der Waals surface area contributed by atoms with Crippen molar-refractivity contribution < 1.29 is 9.53 Å². The van der Waals surface area contributed by atoms with Crippen LogP contribution in [0.15, 0.2) is 17.9 Å². The second-order valence-corrected chi connectivity index (χ2v) is 7.44. The van der Waals surface area contributed by atoms with Gasteiger partial charge in [-0.25, -0.2) is 4.98 Å². The minimum Gasteiger partial charge on any atom is -0.376 e. The van der Waals surface area contributed by atoms with Crippen LogP contribution in [0, 0.1) is 0 Å². The second-order valence-electron chi connectivity index (χ2n) is 6.59. The lowest BCUT2D eigenvalue weighted by Crippen LogP contribution is -2.15. The number of carbonyl (C=O) groups excluding carboxylic acids is 1. The molecule has 1 atom stereocenters. The fourth-order valence-electron chi connectivity index (χ4n) is 3.63. The van der Waals surface area contributed by atoms with Crippen molar-refractivity contribution >= 4 is 22.9 Å². The molecule has 2 aliphatic rings. The maximum Gasteiger partial charge on any atom is 0.267 e. The largest absolute Gasteiger partial charge is 0.376 e. The van der Waals surface area contributed by atoms with E-state index in [1.807, 2.05) is 10.9 Å². The maximum absolute atomic E-state index is 12.6. The molecular formula is C17H22N4O2S. The van der Waals surface area contributed by atoms with Gasteiger partial charge in [0.2, 0.25) is 0 Å². The molecule has 3 heterocycles. The summed E-state index contributed by atoms with van der Waals surface area (Å²) < 4.78 is 7.47. The van der Waals surface area contributed by atoms with Gasteiger partial charge in [0.15, 0.2) is 0 Å². The summed E-state index contributed by atoms with van der Waals surface area (Å²) in [6.07, 6.45) is 10.8. The van der Waals surface area contributed by atoms with E-state index in [1.165, 1.54) is 24.2 Å². The van der Waals surface area contributed by atoms with E-state index < -0.39 is 0 Å². The van der Waals surface area contributed by atoms with Gasteiger partial charge in [0.1, 0.15) is 4.88 Å². The molecule has 2 fully saturated rings. The van der Waals surface area contributed by atoms with Crippen molar-refractivity contribution in [2.75, 3.05) is 11.9 Å². The van der Waals surface area contributed by atoms with Gasteiger partial charge in [-0.3, -0.25) is 9.48 Å². The molecule has 2 aromatic rings. The second kappa shape index (κ2) is 7.03. The molecule has 4 rings (SSSR count). The van der Waals surface area contributed by atoms with Crippen LogP contribution in [-0.2, 0) is 11.3 Å². The summed E-state index contributed by atoms with van der Waals surface area (Å²) in [7, 11) is 0. The molecule has 1 unspecified atom stereocenters. The maximum atomic E-state index is 12.6. The third kappa shape index (κ3) is 3.37. The molecule has 128 valence electrons. The number of thiazole rings is 1. The molecule has 1 aliphatic carbocycles. The van der Waals surface area contributed by atoms with Crippen molar-refractivity contribution in [2.45, 2.75) is 57.1 Å². The van der Waals surface area contributed by atoms with E-state index in [0.29, 0.717) is 5.92 Å². The van der Waals surface area contributed by atoms with Crippen LogP contribution in [0.3, 0.4) is 0 Å².